The van der Waals surface area contributed by atoms with Gasteiger partial charge in [-0.3, -0.25) is 0 Å². The molecule has 1 aliphatic carbocycles. The Bertz CT molecular complexity index is 630. The SMILES string of the molecule is Cc1cc(-c2ccccc2Br)nc(C2(CN)CCC2)n1. The fraction of sp³-hybridized carbons (Fsp3) is 0.375. The van der Waals surface area contributed by atoms with Gasteiger partial charge in [0.15, 0.2) is 0 Å². The highest BCUT2D eigenvalue weighted by atomic mass is 79.9. The monoisotopic (exact) mass is 331 g/mol. The molecular formula is C16H18BrN3. The van der Waals surface area contributed by atoms with E-state index >= 15 is 0 Å². The van der Waals surface area contributed by atoms with Crippen LogP contribution in [0.3, 0.4) is 0 Å². The molecule has 1 fully saturated rings. The van der Waals surface area contributed by atoms with Crippen molar-refractivity contribution in [1.82, 2.24) is 9.97 Å². The van der Waals surface area contributed by atoms with E-state index in [0.29, 0.717) is 6.54 Å². The first-order chi connectivity index (χ1) is 9.64. The summed E-state index contributed by atoms with van der Waals surface area (Å²) in [5, 5.41) is 0. The molecule has 20 heavy (non-hydrogen) atoms. The molecule has 2 aromatic rings. The number of rotatable bonds is 3. The van der Waals surface area contributed by atoms with Gasteiger partial charge < -0.3 is 5.73 Å². The summed E-state index contributed by atoms with van der Waals surface area (Å²) in [5.41, 5.74) is 9.06. The van der Waals surface area contributed by atoms with Crippen molar-refractivity contribution in [3.05, 3.63) is 46.3 Å². The number of benzene rings is 1. The molecule has 0 saturated heterocycles. The molecule has 2 N–H and O–H groups in total. The zero-order chi connectivity index (χ0) is 14.2. The van der Waals surface area contributed by atoms with E-state index in [9.17, 15) is 0 Å². The van der Waals surface area contributed by atoms with Crippen LogP contribution in [-0.2, 0) is 5.41 Å². The summed E-state index contributed by atoms with van der Waals surface area (Å²) < 4.78 is 1.06. The van der Waals surface area contributed by atoms with Gasteiger partial charge in [0, 0.05) is 27.7 Å². The van der Waals surface area contributed by atoms with Gasteiger partial charge in [0.2, 0.25) is 0 Å². The van der Waals surface area contributed by atoms with Crippen LogP contribution in [0.25, 0.3) is 11.3 Å². The third-order valence-electron chi connectivity index (χ3n) is 4.18. The van der Waals surface area contributed by atoms with Crippen LogP contribution in [0.4, 0.5) is 0 Å². The Morgan fingerprint density at radius 3 is 2.60 bits per heavy atom. The summed E-state index contributed by atoms with van der Waals surface area (Å²) >= 11 is 3.60. The van der Waals surface area contributed by atoms with E-state index in [4.69, 9.17) is 10.7 Å². The highest BCUT2D eigenvalue weighted by Gasteiger charge is 2.40. The Morgan fingerprint density at radius 1 is 1.25 bits per heavy atom. The summed E-state index contributed by atoms with van der Waals surface area (Å²) in [6, 6.07) is 10.2. The van der Waals surface area contributed by atoms with Crippen molar-refractivity contribution in [2.24, 2.45) is 5.73 Å². The van der Waals surface area contributed by atoms with Gasteiger partial charge in [0.05, 0.1) is 5.69 Å². The molecule has 0 atom stereocenters. The molecule has 0 radical (unpaired) electrons. The summed E-state index contributed by atoms with van der Waals surface area (Å²) in [6.07, 6.45) is 3.42. The van der Waals surface area contributed by atoms with E-state index in [2.05, 4.69) is 27.0 Å². The molecule has 1 aliphatic rings. The van der Waals surface area contributed by atoms with Crippen molar-refractivity contribution in [3.63, 3.8) is 0 Å². The quantitative estimate of drug-likeness (QED) is 0.934. The molecule has 0 aliphatic heterocycles. The zero-order valence-electron chi connectivity index (χ0n) is 11.6. The molecule has 104 valence electrons. The summed E-state index contributed by atoms with van der Waals surface area (Å²) in [5.74, 6) is 0.914. The minimum absolute atomic E-state index is 0.00201. The average molecular weight is 332 g/mol. The molecule has 0 amide bonds. The predicted octanol–water partition coefficient (Wildman–Crippen LogP) is 3.59. The highest BCUT2D eigenvalue weighted by Crippen LogP contribution is 2.42. The number of hydrogen-bond donors (Lipinski definition) is 1. The first kappa shape index (κ1) is 13.7. The minimum atomic E-state index is 0.00201. The molecule has 3 nitrogen and oxygen atoms in total. The van der Waals surface area contributed by atoms with Crippen LogP contribution >= 0.6 is 15.9 Å². The van der Waals surface area contributed by atoms with Crippen LogP contribution in [0.2, 0.25) is 0 Å². The van der Waals surface area contributed by atoms with Crippen molar-refractivity contribution < 1.29 is 0 Å². The van der Waals surface area contributed by atoms with Crippen molar-refractivity contribution in [1.29, 1.82) is 0 Å². The molecular weight excluding hydrogens is 314 g/mol. The van der Waals surface area contributed by atoms with Crippen LogP contribution in [0, 0.1) is 6.92 Å². The third-order valence-corrected chi connectivity index (χ3v) is 4.87. The second-order valence-corrected chi connectivity index (χ2v) is 6.39. The van der Waals surface area contributed by atoms with E-state index < -0.39 is 0 Å². The van der Waals surface area contributed by atoms with E-state index in [1.165, 1.54) is 6.42 Å². The minimum Gasteiger partial charge on any atom is -0.329 e. The fourth-order valence-corrected chi connectivity index (χ4v) is 3.22. The molecule has 1 saturated carbocycles. The molecule has 3 rings (SSSR count). The van der Waals surface area contributed by atoms with Gasteiger partial charge in [-0.05, 0) is 31.9 Å². The topological polar surface area (TPSA) is 51.8 Å². The third kappa shape index (κ3) is 2.27. The van der Waals surface area contributed by atoms with Crippen LogP contribution in [-0.4, -0.2) is 16.5 Å². The lowest BCUT2D eigenvalue weighted by Crippen LogP contribution is -2.43. The molecule has 4 heteroatoms. The maximum Gasteiger partial charge on any atom is 0.136 e. The maximum atomic E-state index is 5.98. The van der Waals surface area contributed by atoms with Crippen molar-refractivity contribution in [2.45, 2.75) is 31.6 Å². The van der Waals surface area contributed by atoms with Crippen LogP contribution in [0.15, 0.2) is 34.8 Å². The Balaban J connectivity index is 2.10. The first-order valence-corrected chi connectivity index (χ1v) is 7.75. The largest absolute Gasteiger partial charge is 0.329 e. The Kier molecular flexibility index (Phi) is 3.61. The highest BCUT2D eigenvalue weighted by molar-refractivity contribution is 9.10. The number of nitrogens with zero attached hydrogens (tertiary/aromatic N) is 2. The normalized spacial score (nSPS) is 16.8. The second kappa shape index (κ2) is 5.26. The lowest BCUT2D eigenvalue weighted by atomic mass is 9.68. The number of aromatic nitrogens is 2. The Labute approximate surface area is 127 Å². The van der Waals surface area contributed by atoms with Crippen molar-refractivity contribution in [2.75, 3.05) is 6.54 Å². The molecule has 1 aromatic carbocycles. The van der Waals surface area contributed by atoms with Crippen molar-refractivity contribution >= 4 is 15.9 Å². The molecule has 1 heterocycles. The number of nitrogens with two attached hydrogens (primary N) is 1. The maximum absolute atomic E-state index is 5.98. The smallest absolute Gasteiger partial charge is 0.136 e. The van der Waals surface area contributed by atoms with Gasteiger partial charge in [0.1, 0.15) is 5.82 Å². The van der Waals surface area contributed by atoms with E-state index in [-0.39, 0.29) is 5.41 Å². The zero-order valence-corrected chi connectivity index (χ0v) is 13.2. The molecule has 0 unspecified atom stereocenters. The summed E-state index contributed by atoms with van der Waals surface area (Å²) in [6.45, 7) is 2.65. The van der Waals surface area contributed by atoms with Crippen LogP contribution < -0.4 is 5.73 Å². The van der Waals surface area contributed by atoms with Crippen molar-refractivity contribution in [3.8, 4) is 11.3 Å². The van der Waals surface area contributed by atoms with Gasteiger partial charge in [-0.2, -0.15) is 0 Å². The van der Waals surface area contributed by atoms with Gasteiger partial charge >= 0.3 is 0 Å². The van der Waals surface area contributed by atoms with Crippen LogP contribution in [0.5, 0.6) is 0 Å². The standard InChI is InChI=1S/C16H18BrN3/c1-11-9-14(12-5-2-3-6-13(12)17)20-15(19-11)16(10-18)7-4-8-16/h2-3,5-6,9H,4,7-8,10,18H2,1H3. The second-order valence-electron chi connectivity index (χ2n) is 5.54. The summed E-state index contributed by atoms with van der Waals surface area (Å²) in [7, 11) is 0. The number of halogens is 1. The first-order valence-electron chi connectivity index (χ1n) is 6.96. The van der Waals surface area contributed by atoms with Gasteiger partial charge in [-0.25, -0.2) is 9.97 Å². The van der Waals surface area contributed by atoms with E-state index in [0.717, 1.165) is 40.1 Å². The predicted molar refractivity (Wildman–Crippen MR) is 84.5 cm³/mol. The molecule has 0 spiro atoms. The Morgan fingerprint density at radius 2 is 2.00 bits per heavy atom. The fourth-order valence-electron chi connectivity index (χ4n) is 2.74. The average Bonchev–Trinajstić information content (AvgIpc) is 2.38. The van der Waals surface area contributed by atoms with E-state index in [1.807, 2.05) is 31.2 Å². The summed E-state index contributed by atoms with van der Waals surface area (Å²) in [4.78, 5) is 9.46. The number of aryl methyl sites for hydroxylation is 1. The van der Waals surface area contributed by atoms with E-state index in [1.54, 1.807) is 0 Å². The number of hydrogen-bond acceptors (Lipinski definition) is 3. The molecule has 1 aromatic heterocycles. The molecule has 0 bridgehead atoms. The Hall–Kier alpha value is -1.26. The van der Waals surface area contributed by atoms with Gasteiger partial charge in [0.25, 0.3) is 0 Å². The van der Waals surface area contributed by atoms with Crippen LogP contribution in [0.1, 0.15) is 30.8 Å². The van der Waals surface area contributed by atoms with Gasteiger partial charge in [-0.1, -0.05) is 40.5 Å². The van der Waals surface area contributed by atoms with Gasteiger partial charge in [-0.15, -0.1) is 0 Å². The lowest BCUT2D eigenvalue weighted by molar-refractivity contribution is 0.238. The lowest BCUT2D eigenvalue weighted by Gasteiger charge is -2.39.